The van der Waals surface area contributed by atoms with E-state index in [4.69, 9.17) is 4.98 Å². The predicted octanol–water partition coefficient (Wildman–Crippen LogP) is 8.12. The average Bonchev–Trinajstić information content (AvgIpc) is 2.78. The molecule has 156 valence electrons. The summed E-state index contributed by atoms with van der Waals surface area (Å²) in [4.78, 5) is 5.07. The van der Waals surface area contributed by atoms with E-state index in [9.17, 15) is 0 Å². The van der Waals surface area contributed by atoms with Gasteiger partial charge in [-0.1, -0.05) is 76.3 Å². The number of fused-ring (bicyclic) bond motifs is 1. The van der Waals surface area contributed by atoms with Crippen LogP contribution in [-0.2, 0) is 12.8 Å². The van der Waals surface area contributed by atoms with Crippen LogP contribution in [0.15, 0.2) is 36.4 Å². The molecule has 0 N–H and O–H groups in total. The Kier molecular flexibility index (Phi) is 7.06. The molecule has 1 fully saturated rings. The van der Waals surface area contributed by atoms with Crippen molar-refractivity contribution in [2.45, 2.75) is 96.8 Å². The Morgan fingerprint density at radius 1 is 0.793 bits per heavy atom. The Labute approximate surface area is 178 Å². The lowest BCUT2D eigenvalue weighted by Crippen LogP contribution is -2.15. The molecular weight excluding hydrogens is 350 g/mol. The van der Waals surface area contributed by atoms with E-state index in [0.717, 1.165) is 29.9 Å². The van der Waals surface area contributed by atoms with Crippen molar-refractivity contribution in [3.05, 3.63) is 53.2 Å². The average molecular weight is 390 g/mol. The third-order valence-electron chi connectivity index (χ3n) is 7.55. The fraction of sp³-hybridized carbons (Fsp3) is 0.607. The monoisotopic (exact) mass is 389 g/mol. The SMILES string of the molecule is CCCCC1CCc2nc(-c3ccc(C4CCC(CCC)CC4)cc3)ccc2C1. The molecule has 0 aliphatic heterocycles. The normalized spacial score (nSPS) is 24.3. The first kappa shape index (κ1) is 20.6. The number of aromatic nitrogens is 1. The summed E-state index contributed by atoms with van der Waals surface area (Å²) in [6.07, 6.45) is 16.2. The van der Waals surface area contributed by atoms with Crippen molar-refractivity contribution in [1.29, 1.82) is 0 Å². The molecule has 0 spiro atoms. The standard InChI is InChI=1S/C28H39N/c1-3-5-7-22-10-18-28-26(20-22)17-19-27(29-28)25-15-13-24(14-16-25)23-11-8-21(6-4-2)9-12-23/h13-17,19,21-23H,3-12,18,20H2,1-2H3. The number of hydrogen-bond acceptors (Lipinski definition) is 1. The maximum absolute atomic E-state index is 5.07. The van der Waals surface area contributed by atoms with Crippen LogP contribution in [0, 0.1) is 11.8 Å². The van der Waals surface area contributed by atoms with Crippen LogP contribution in [-0.4, -0.2) is 4.98 Å². The summed E-state index contributed by atoms with van der Waals surface area (Å²) >= 11 is 0. The van der Waals surface area contributed by atoms with Gasteiger partial charge in [-0.25, -0.2) is 0 Å². The Morgan fingerprint density at radius 2 is 1.59 bits per heavy atom. The van der Waals surface area contributed by atoms with Crippen LogP contribution in [0.25, 0.3) is 11.3 Å². The minimum Gasteiger partial charge on any atom is -0.253 e. The highest BCUT2D eigenvalue weighted by molar-refractivity contribution is 5.60. The molecule has 0 radical (unpaired) electrons. The van der Waals surface area contributed by atoms with Gasteiger partial charge in [-0.2, -0.15) is 0 Å². The van der Waals surface area contributed by atoms with Gasteiger partial charge in [0.05, 0.1) is 5.69 Å². The third-order valence-corrected chi connectivity index (χ3v) is 7.55. The van der Waals surface area contributed by atoms with Gasteiger partial charge in [0, 0.05) is 11.3 Å². The first-order valence-corrected chi connectivity index (χ1v) is 12.4. The van der Waals surface area contributed by atoms with Crippen LogP contribution in [0.5, 0.6) is 0 Å². The molecule has 1 heterocycles. The van der Waals surface area contributed by atoms with Gasteiger partial charge in [-0.15, -0.1) is 0 Å². The van der Waals surface area contributed by atoms with E-state index >= 15 is 0 Å². The number of benzene rings is 1. The van der Waals surface area contributed by atoms with Gasteiger partial charge in [-0.3, -0.25) is 4.98 Å². The smallest absolute Gasteiger partial charge is 0.0705 e. The van der Waals surface area contributed by atoms with Crippen LogP contribution >= 0.6 is 0 Å². The Morgan fingerprint density at radius 3 is 2.31 bits per heavy atom. The molecule has 4 rings (SSSR count). The van der Waals surface area contributed by atoms with Gasteiger partial charge in [-0.05, 0) is 79.9 Å². The molecule has 1 atom stereocenters. The lowest BCUT2D eigenvalue weighted by atomic mass is 9.77. The topological polar surface area (TPSA) is 12.9 Å². The molecule has 29 heavy (non-hydrogen) atoms. The number of unbranched alkanes of at least 4 members (excludes halogenated alkanes) is 1. The zero-order valence-electron chi connectivity index (χ0n) is 18.6. The summed E-state index contributed by atoms with van der Waals surface area (Å²) in [6, 6.07) is 14.0. The van der Waals surface area contributed by atoms with E-state index in [-0.39, 0.29) is 0 Å². The van der Waals surface area contributed by atoms with E-state index in [1.54, 1.807) is 5.56 Å². The highest BCUT2D eigenvalue weighted by Gasteiger charge is 2.22. The number of aryl methyl sites for hydroxylation is 1. The maximum atomic E-state index is 5.07. The minimum absolute atomic E-state index is 0.772. The molecule has 1 heteroatoms. The first-order valence-electron chi connectivity index (χ1n) is 12.4. The quantitative estimate of drug-likeness (QED) is 0.466. The van der Waals surface area contributed by atoms with E-state index in [1.165, 1.54) is 87.4 Å². The highest BCUT2D eigenvalue weighted by atomic mass is 14.7. The molecular formula is C28H39N. The first-order chi connectivity index (χ1) is 14.3. The summed E-state index contributed by atoms with van der Waals surface area (Å²) in [6.45, 7) is 4.62. The second-order valence-corrected chi connectivity index (χ2v) is 9.68. The summed E-state index contributed by atoms with van der Waals surface area (Å²) in [7, 11) is 0. The van der Waals surface area contributed by atoms with Gasteiger partial charge < -0.3 is 0 Å². The molecule has 1 saturated carbocycles. The van der Waals surface area contributed by atoms with Crippen LogP contribution in [0.1, 0.15) is 101 Å². The largest absolute Gasteiger partial charge is 0.253 e. The lowest BCUT2D eigenvalue weighted by Gasteiger charge is -2.28. The molecule has 0 amide bonds. The molecule has 2 aliphatic rings. The van der Waals surface area contributed by atoms with Crippen molar-refractivity contribution in [3.8, 4) is 11.3 Å². The summed E-state index contributed by atoms with van der Waals surface area (Å²) in [5, 5.41) is 0. The minimum atomic E-state index is 0.772. The molecule has 1 unspecified atom stereocenters. The summed E-state index contributed by atoms with van der Waals surface area (Å²) in [5.41, 5.74) is 6.84. The summed E-state index contributed by atoms with van der Waals surface area (Å²) < 4.78 is 0. The second-order valence-electron chi connectivity index (χ2n) is 9.68. The summed E-state index contributed by atoms with van der Waals surface area (Å²) in [5.74, 6) is 2.63. The Balaban J connectivity index is 1.40. The molecule has 2 aromatic rings. The number of pyridine rings is 1. The van der Waals surface area contributed by atoms with Gasteiger partial charge in [0.1, 0.15) is 0 Å². The lowest BCUT2D eigenvalue weighted by molar-refractivity contribution is 0.308. The molecule has 1 aromatic heterocycles. The predicted molar refractivity (Wildman–Crippen MR) is 124 cm³/mol. The van der Waals surface area contributed by atoms with Crippen LogP contribution < -0.4 is 0 Å². The van der Waals surface area contributed by atoms with Crippen LogP contribution in [0.3, 0.4) is 0 Å². The van der Waals surface area contributed by atoms with Crippen molar-refractivity contribution in [3.63, 3.8) is 0 Å². The molecule has 0 saturated heterocycles. The fourth-order valence-corrected chi connectivity index (χ4v) is 5.71. The van der Waals surface area contributed by atoms with Gasteiger partial charge in [0.25, 0.3) is 0 Å². The van der Waals surface area contributed by atoms with Crippen molar-refractivity contribution < 1.29 is 0 Å². The number of rotatable bonds is 7. The third kappa shape index (κ3) is 5.11. The van der Waals surface area contributed by atoms with Crippen LogP contribution in [0.2, 0.25) is 0 Å². The van der Waals surface area contributed by atoms with Crippen molar-refractivity contribution in [2.75, 3.05) is 0 Å². The van der Waals surface area contributed by atoms with Crippen molar-refractivity contribution in [1.82, 2.24) is 4.98 Å². The van der Waals surface area contributed by atoms with E-state index in [1.807, 2.05) is 0 Å². The van der Waals surface area contributed by atoms with E-state index < -0.39 is 0 Å². The van der Waals surface area contributed by atoms with Gasteiger partial charge >= 0.3 is 0 Å². The maximum Gasteiger partial charge on any atom is 0.0705 e. The molecule has 1 aromatic carbocycles. The molecule has 0 bridgehead atoms. The van der Waals surface area contributed by atoms with E-state index in [0.29, 0.717) is 0 Å². The number of hydrogen-bond donors (Lipinski definition) is 0. The highest BCUT2D eigenvalue weighted by Crippen LogP contribution is 2.38. The van der Waals surface area contributed by atoms with Crippen molar-refractivity contribution >= 4 is 0 Å². The Hall–Kier alpha value is -1.63. The zero-order valence-corrected chi connectivity index (χ0v) is 18.6. The van der Waals surface area contributed by atoms with Crippen LogP contribution in [0.4, 0.5) is 0 Å². The zero-order chi connectivity index (χ0) is 20.1. The second kappa shape index (κ2) is 9.92. The van der Waals surface area contributed by atoms with Gasteiger partial charge in [0.15, 0.2) is 0 Å². The van der Waals surface area contributed by atoms with Crippen molar-refractivity contribution in [2.24, 2.45) is 11.8 Å². The molecule has 2 aliphatic carbocycles. The fourth-order valence-electron chi connectivity index (χ4n) is 5.71. The number of nitrogens with zero attached hydrogens (tertiary/aromatic N) is 1. The Bertz CT molecular complexity index is 767. The molecule has 1 nitrogen and oxygen atoms in total. The van der Waals surface area contributed by atoms with Gasteiger partial charge in [0.2, 0.25) is 0 Å². The van der Waals surface area contributed by atoms with E-state index in [2.05, 4.69) is 50.2 Å².